The maximum Gasteiger partial charge on any atom is 0.331 e. The summed E-state index contributed by atoms with van der Waals surface area (Å²) in [6.45, 7) is 3.63. The summed E-state index contributed by atoms with van der Waals surface area (Å²) in [6.07, 6.45) is 0.821. The highest BCUT2D eigenvalue weighted by molar-refractivity contribution is 6.10. The van der Waals surface area contributed by atoms with Crippen molar-refractivity contribution in [2.45, 2.75) is 20.3 Å². The molecule has 0 unspecified atom stereocenters. The monoisotopic (exact) mass is 245 g/mol. The smallest absolute Gasteiger partial charge is 0.331 e. The zero-order chi connectivity index (χ0) is 13.3. The van der Waals surface area contributed by atoms with Crippen molar-refractivity contribution in [3.8, 4) is 0 Å². The number of carbonyl (C=O) groups excluding carboxylic acids is 1. The molecule has 1 aromatic carbocycles. The van der Waals surface area contributed by atoms with Crippen LogP contribution in [0, 0.1) is 0 Å². The summed E-state index contributed by atoms with van der Waals surface area (Å²) in [5, 5.41) is 8.91. The lowest BCUT2D eigenvalue weighted by Gasteiger charge is -2.18. The van der Waals surface area contributed by atoms with Crippen LogP contribution in [0.15, 0.2) is 35.4 Å². The minimum atomic E-state index is -1.05. The maximum atomic E-state index is 12.3. The van der Waals surface area contributed by atoms with Gasteiger partial charge in [-0.25, -0.2) is 4.79 Å². The van der Waals surface area contributed by atoms with Crippen LogP contribution in [-0.4, -0.2) is 23.5 Å². The van der Waals surface area contributed by atoms with Crippen LogP contribution in [0.3, 0.4) is 0 Å². The second kappa shape index (κ2) is 4.64. The Balaban J connectivity index is 2.33. The molecule has 18 heavy (non-hydrogen) atoms. The average Bonchev–Trinajstić information content (AvgIpc) is 2.79. The van der Waals surface area contributed by atoms with Gasteiger partial charge < -0.3 is 10.0 Å². The van der Waals surface area contributed by atoms with Crippen molar-refractivity contribution >= 4 is 17.6 Å². The average molecular weight is 245 g/mol. The first-order valence-electron chi connectivity index (χ1n) is 5.83. The van der Waals surface area contributed by atoms with Crippen LogP contribution in [-0.2, 0) is 16.0 Å². The number of hydrogen-bond donors (Lipinski definition) is 1. The van der Waals surface area contributed by atoms with Crippen molar-refractivity contribution < 1.29 is 14.7 Å². The number of nitrogens with zero attached hydrogens (tertiary/aromatic N) is 1. The molecule has 0 bridgehead atoms. The van der Waals surface area contributed by atoms with E-state index >= 15 is 0 Å². The molecule has 1 N–H and O–H groups in total. The second-order valence-corrected chi connectivity index (χ2v) is 4.39. The summed E-state index contributed by atoms with van der Waals surface area (Å²) in [4.78, 5) is 24.8. The van der Waals surface area contributed by atoms with Gasteiger partial charge in [-0.15, -0.1) is 0 Å². The Labute approximate surface area is 106 Å². The van der Waals surface area contributed by atoms with Gasteiger partial charge in [-0.1, -0.05) is 18.2 Å². The van der Waals surface area contributed by atoms with Crippen molar-refractivity contribution in [1.29, 1.82) is 0 Å². The molecule has 1 aromatic rings. The molecule has 2 rings (SSSR count). The topological polar surface area (TPSA) is 57.6 Å². The zero-order valence-electron chi connectivity index (χ0n) is 10.4. The van der Waals surface area contributed by atoms with Crippen molar-refractivity contribution in [2.75, 3.05) is 11.4 Å². The Morgan fingerprint density at radius 2 is 1.83 bits per heavy atom. The molecule has 4 heteroatoms. The standard InChI is InChI=1S/C14H15NO3/c1-9(10(2)14(17)18)13(16)15-8-7-11-5-3-4-6-12(11)15/h3-6H,7-8H2,1-2H3,(H,17,18)/b10-9-. The number of carboxylic acid groups (broad SMARTS) is 1. The predicted octanol–water partition coefficient (Wildman–Crippen LogP) is 2.00. The van der Waals surface area contributed by atoms with Crippen LogP contribution in [0.5, 0.6) is 0 Å². The Bertz CT molecular complexity index is 546. The van der Waals surface area contributed by atoms with Gasteiger partial charge in [-0.2, -0.15) is 0 Å². The number of hydrogen-bond acceptors (Lipinski definition) is 2. The first kappa shape index (κ1) is 12.4. The van der Waals surface area contributed by atoms with Gasteiger partial charge in [0.05, 0.1) is 0 Å². The Morgan fingerprint density at radius 1 is 1.17 bits per heavy atom. The first-order valence-corrected chi connectivity index (χ1v) is 5.83. The molecular weight excluding hydrogens is 230 g/mol. The van der Waals surface area contributed by atoms with E-state index < -0.39 is 5.97 Å². The number of carbonyl (C=O) groups is 2. The van der Waals surface area contributed by atoms with E-state index in [1.54, 1.807) is 11.8 Å². The molecule has 1 aliphatic rings. The first-order chi connectivity index (χ1) is 8.52. The lowest BCUT2D eigenvalue weighted by molar-refractivity contribution is -0.133. The van der Waals surface area contributed by atoms with Crippen molar-refractivity contribution in [3.63, 3.8) is 0 Å². The second-order valence-electron chi connectivity index (χ2n) is 4.39. The fraction of sp³-hybridized carbons (Fsp3) is 0.286. The third kappa shape index (κ3) is 2.01. The lowest BCUT2D eigenvalue weighted by Crippen LogP contribution is -2.30. The highest BCUT2D eigenvalue weighted by Crippen LogP contribution is 2.28. The quantitative estimate of drug-likeness (QED) is 0.811. The van der Waals surface area contributed by atoms with Gasteiger partial charge >= 0.3 is 5.97 Å². The van der Waals surface area contributed by atoms with Gasteiger partial charge in [0.2, 0.25) is 0 Å². The minimum absolute atomic E-state index is 0.101. The maximum absolute atomic E-state index is 12.3. The van der Waals surface area contributed by atoms with E-state index in [-0.39, 0.29) is 11.5 Å². The van der Waals surface area contributed by atoms with Gasteiger partial charge in [0.1, 0.15) is 0 Å². The van der Waals surface area contributed by atoms with Gasteiger partial charge in [0, 0.05) is 23.4 Å². The van der Waals surface area contributed by atoms with Crippen LogP contribution < -0.4 is 4.90 Å². The highest BCUT2D eigenvalue weighted by Gasteiger charge is 2.26. The summed E-state index contributed by atoms with van der Waals surface area (Å²) in [5.41, 5.74) is 2.41. The summed E-state index contributed by atoms with van der Waals surface area (Å²) >= 11 is 0. The minimum Gasteiger partial charge on any atom is -0.478 e. The number of anilines is 1. The fourth-order valence-corrected chi connectivity index (χ4v) is 2.07. The summed E-state index contributed by atoms with van der Waals surface area (Å²) in [5.74, 6) is -1.27. The fourth-order valence-electron chi connectivity index (χ4n) is 2.07. The normalized spacial score (nSPS) is 15.1. The largest absolute Gasteiger partial charge is 0.478 e. The number of fused-ring (bicyclic) bond motifs is 1. The van der Waals surface area contributed by atoms with E-state index in [0.29, 0.717) is 12.1 Å². The van der Waals surface area contributed by atoms with Gasteiger partial charge in [0.25, 0.3) is 5.91 Å². The van der Waals surface area contributed by atoms with Crippen LogP contribution in [0.25, 0.3) is 0 Å². The molecule has 1 amide bonds. The lowest BCUT2D eigenvalue weighted by atomic mass is 10.1. The predicted molar refractivity (Wildman–Crippen MR) is 68.5 cm³/mol. The Morgan fingerprint density at radius 3 is 2.50 bits per heavy atom. The third-order valence-corrected chi connectivity index (χ3v) is 3.34. The Hall–Kier alpha value is -2.10. The molecule has 0 saturated heterocycles. The van der Waals surface area contributed by atoms with E-state index in [4.69, 9.17) is 5.11 Å². The number of aliphatic carboxylic acids is 1. The zero-order valence-corrected chi connectivity index (χ0v) is 10.4. The SMILES string of the molecule is C/C(C(=O)O)=C(\C)C(=O)N1CCc2ccccc21. The molecule has 0 aromatic heterocycles. The third-order valence-electron chi connectivity index (χ3n) is 3.34. The van der Waals surface area contributed by atoms with Crippen LogP contribution in [0.1, 0.15) is 19.4 Å². The summed E-state index contributed by atoms with van der Waals surface area (Å²) in [7, 11) is 0. The van der Waals surface area contributed by atoms with Gasteiger partial charge in [0.15, 0.2) is 0 Å². The molecule has 1 aliphatic heterocycles. The Kier molecular flexibility index (Phi) is 3.19. The molecule has 0 spiro atoms. The summed E-state index contributed by atoms with van der Waals surface area (Å²) in [6, 6.07) is 7.71. The van der Waals surface area contributed by atoms with Gasteiger partial charge in [-0.3, -0.25) is 4.79 Å². The summed E-state index contributed by atoms with van der Waals surface area (Å²) < 4.78 is 0. The molecule has 1 heterocycles. The highest BCUT2D eigenvalue weighted by atomic mass is 16.4. The van der Waals surface area contributed by atoms with Gasteiger partial charge in [-0.05, 0) is 31.9 Å². The van der Waals surface area contributed by atoms with Crippen molar-refractivity contribution in [1.82, 2.24) is 0 Å². The van der Waals surface area contributed by atoms with Crippen LogP contribution in [0.2, 0.25) is 0 Å². The van der Waals surface area contributed by atoms with Crippen molar-refractivity contribution in [2.24, 2.45) is 0 Å². The molecular formula is C14H15NO3. The number of amides is 1. The van der Waals surface area contributed by atoms with E-state index in [1.165, 1.54) is 6.92 Å². The van der Waals surface area contributed by atoms with E-state index in [9.17, 15) is 9.59 Å². The van der Waals surface area contributed by atoms with Crippen LogP contribution >= 0.6 is 0 Å². The number of benzene rings is 1. The number of rotatable bonds is 2. The molecule has 0 radical (unpaired) electrons. The molecule has 0 saturated carbocycles. The number of para-hydroxylation sites is 1. The van der Waals surface area contributed by atoms with Crippen LogP contribution in [0.4, 0.5) is 5.69 Å². The molecule has 4 nitrogen and oxygen atoms in total. The van der Waals surface area contributed by atoms with E-state index in [2.05, 4.69) is 0 Å². The van der Waals surface area contributed by atoms with E-state index in [1.807, 2.05) is 24.3 Å². The number of carboxylic acids is 1. The molecule has 0 aliphatic carbocycles. The molecule has 0 atom stereocenters. The van der Waals surface area contributed by atoms with Crippen molar-refractivity contribution in [3.05, 3.63) is 41.0 Å². The molecule has 0 fully saturated rings. The molecule has 94 valence electrons. The van der Waals surface area contributed by atoms with E-state index in [0.717, 1.165) is 17.7 Å².